The number of rotatable bonds is 14. The van der Waals surface area contributed by atoms with Gasteiger partial charge >= 0.3 is 36.0 Å². The molecule has 2 heterocycles. The molecular formula is C36H30O16. The molecule has 270 valence electrons. The van der Waals surface area contributed by atoms with Gasteiger partial charge < -0.3 is 47.4 Å². The lowest BCUT2D eigenvalue weighted by atomic mass is 10.1. The van der Waals surface area contributed by atoms with E-state index in [0.717, 1.165) is 12.2 Å². The largest absolute Gasteiger partial charge is 0.516 e. The molecule has 2 fully saturated rings. The first-order valence-corrected chi connectivity index (χ1v) is 15.4. The molecule has 0 unspecified atom stereocenters. The normalized spacial score (nSPS) is 18.5. The second-order valence-electron chi connectivity index (χ2n) is 10.7. The van der Waals surface area contributed by atoms with Crippen molar-refractivity contribution in [3.8, 4) is 17.2 Å². The Labute approximate surface area is 295 Å². The molecule has 16 nitrogen and oxygen atoms in total. The van der Waals surface area contributed by atoms with Crippen molar-refractivity contribution in [3.05, 3.63) is 115 Å². The number of hydrogen-bond acceptors (Lipinski definition) is 16. The van der Waals surface area contributed by atoms with E-state index in [1.54, 1.807) is 0 Å². The first-order chi connectivity index (χ1) is 25.1. The van der Waals surface area contributed by atoms with Crippen molar-refractivity contribution < 1.29 is 76.1 Å². The number of carbonyl (C=O) groups is 6. The summed E-state index contributed by atoms with van der Waals surface area (Å²) in [5.41, 5.74) is 0.553. The molecule has 3 aromatic carbocycles. The Kier molecular flexibility index (Phi) is 12.3. The molecule has 52 heavy (non-hydrogen) atoms. The van der Waals surface area contributed by atoms with Gasteiger partial charge in [0.2, 0.25) is 13.6 Å². The van der Waals surface area contributed by atoms with Gasteiger partial charge in [-0.05, 0) is 72.8 Å². The van der Waals surface area contributed by atoms with E-state index >= 15 is 0 Å². The zero-order valence-electron chi connectivity index (χ0n) is 27.2. The van der Waals surface area contributed by atoms with Crippen LogP contribution in [0.2, 0.25) is 0 Å². The zero-order chi connectivity index (χ0) is 37.0. The molecule has 0 bridgehead atoms. The van der Waals surface area contributed by atoms with E-state index < -0.39 is 67.2 Å². The Hall–Kier alpha value is -6.52. The maximum absolute atomic E-state index is 12.9. The molecule has 0 aliphatic carbocycles. The summed E-state index contributed by atoms with van der Waals surface area (Å²) in [5.74, 6) is -2.83. The van der Waals surface area contributed by atoms with Crippen molar-refractivity contribution in [2.75, 3.05) is 26.8 Å². The van der Waals surface area contributed by atoms with E-state index in [0.29, 0.717) is 5.75 Å². The number of carbonyl (C=O) groups excluding carboxylic acids is 6. The molecule has 0 spiro atoms. The smallest absolute Gasteiger partial charge is 0.457 e. The summed E-state index contributed by atoms with van der Waals surface area (Å²) in [6.45, 7) is 5.51. The summed E-state index contributed by atoms with van der Waals surface area (Å²) >= 11 is 0. The molecule has 2 saturated heterocycles. The summed E-state index contributed by atoms with van der Waals surface area (Å²) in [4.78, 5) is 72.0. The molecular weight excluding hydrogens is 688 g/mol. The van der Waals surface area contributed by atoms with Crippen LogP contribution in [0.1, 0.15) is 31.1 Å². The van der Waals surface area contributed by atoms with E-state index in [9.17, 15) is 28.8 Å². The average molecular weight is 719 g/mol. The van der Waals surface area contributed by atoms with Gasteiger partial charge in [0.05, 0.1) is 29.9 Å². The molecule has 3 aromatic rings. The van der Waals surface area contributed by atoms with Gasteiger partial charge in [0.1, 0.15) is 29.5 Å². The number of esters is 5. The van der Waals surface area contributed by atoms with Crippen LogP contribution >= 0.6 is 0 Å². The van der Waals surface area contributed by atoms with Crippen molar-refractivity contribution in [2.24, 2.45) is 0 Å². The molecule has 5 rings (SSSR count). The van der Waals surface area contributed by atoms with E-state index in [1.165, 1.54) is 72.8 Å². The van der Waals surface area contributed by atoms with Gasteiger partial charge in [-0.1, -0.05) is 13.2 Å². The minimum absolute atomic E-state index is 0.000437. The summed E-state index contributed by atoms with van der Waals surface area (Å²) in [6.07, 6.45) is -2.17. The minimum Gasteiger partial charge on any atom is -0.457 e. The standard InChI is InChI=1S/C36H30O16/c1-3-29(37)46-19-45-24-11-5-21(6-12-24)33(39)49-25-13-7-22(8-14-25)34(40)51-27-17-43-32-28(18-44-31(27)32)52-35(41)23-9-15-26(16-10-23)50-36(42)48-20-47-30(38)4-2/h3-16,27-28,31-32H,1-2,17-20H2/t27-,28+,31-,32-/m1/s1. The third-order valence-corrected chi connectivity index (χ3v) is 7.30. The molecule has 0 amide bonds. The number of hydrogen-bond donors (Lipinski definition) is 0. The highest BCUT2D eigenvalue weighted by Gasteiger charge is 2.51. The topological polar surface area (TPSA) is 195 Å². The predicted molar refractivity (Wildman–Crippen MR) is 172 cm³/mol. The van der Waals surface area contributed by atoms with Gasteiger partial charge in [0.15, 0.2) is 12.2 Å². The van der Waals surface area contributed by atoms with E-state index in [2.05, 4.69) is 22.6 Å². The minimum atomic E-state index is -1.13. The maximum Gasteiger partial charge on any atom is 0.516 e. The Bertz CT molecular complexity index is 1800. The van der Waals surface area contributed by atoms with Crippen LogP contribution in [0.15, 0.2) is 98.1 Å². The third kappa shape index (κ3) is 9.80. The zero-order valence-corrected chi connectivity index (χ0v) is 27.2. The van der Waals surface area contributed by atoms with E-state index in [1.807, 2.05) is 0 Å². The highest BCUT2D eigenvalue weighted by Crippen LogP contribution is 2.32. The van der Waals surface area contributed by atoms with Gasteiger partial charge in [-0.2, -0.15) is 0 Å². The Balaban J connectivity index is 1.05. The second kappa shape index (κ2) is 17.4. The Morgan fingerprint density at radius 3 is 1.46 bits per heavy atom. The molecule has 0 saturated carbocycles. The molecule has 2 aliphatic rings. The molecule has 0 N–H and O–H groups in total. The van der Waals surface area contributed by atoms with Crippen molar-refractivity contribution >= 4 is 36.0 Å². The van der Waals surface area contributed by atoms with Crippen molar-refractivity contribution in [1.29, 1.82) is 0 Å². The lowest BCUT2D eigenvalue weighted by Gasteiger charge is -2.17. The molecule has 0 radical (unpaired) electrons. The lowest BCUT2D eigenvalue weighted by molar-refractivity contribution is -0.146. The molecule has 4 atom stereocenters. The fourth-order valence-corrected chi connectivity index (χ4v) is 4.75. The lowest BCUT2D eigenvalue weighted by Crippen LogP contribution is -2.36. The van der Waals surface area contributed by atoms with Crippen LogP contribution in [0.3, 0.4) is 0 Å². The van der Waals surface area contributed by atoms with Crippen LogP contribution in [0.4, 0.5) is 4.79 Å². The van der Waals surface area contributed by atoms with Crippen LogP contribution in [-0.4, -0.2) is 87.2 Å². The first-order valence-electron chi connectivity index (χ1n) is 15.4. The van der Waals surface area contributed by atoms with E-state index in [-0.39, 0.29) is 48.2 Å². The predicted octanol–water partition coefficient (Wildman–Crippen LogP) is 3.72. The van der Waals surface area contributed by atoms with Crippen LogP contribution in [0.5, 0.6) is 17.2 Å². The van der Waals surface area contributed by atoms with Crippen LogP contribution in [-0.2, 0) is 42.7 Å². The molecule has 0 aromatic heterocycles. The highest BCUT2D eigenvalue weighted by molar-refractivity contribution is 5.92. The van der Waals surface area contributed by atoms with E-state index in [4.69, 9.17) is 37.9 Å². The van der Waals surface area contributed by atoms with Crippen molar-refractivity contribution in [1.82, 2.24) is 0 Å². The number of ether oxygens (including phenoxy) is 10. The van der Waals surface area contributed by atoms with Crippen LogP contribution < -0.4 is 14.2 Å². The Morgan fingerprint density at radius 2 is 0.981 bits per heavy atom. The number of fused-ring (bicyclic) bond motifs is 1. The Morgan fingerprint density at radius 1 is 0.558 bits per heavy atom. The highest BCUT2D eigenvalue weighted by atomic mass is 16.8. The quantitative estimate of drug-likeness (QED) is 0.0584. The number of benzene rings is 3. The van der Waals surface area contributed by atoms with Gasteiger partial charge in [-0.3, -0.25) is 0 Å². The van der Waals surface area contributed by atoms with Gasteiger partial charge in [-0.25, -0.2) is 28.8 Å². The molecule has 16 heteroatoms. The van der Waals surface area contributed by atoms with Gasteiger partial charge in [0, 0.05) is 12.2 Å². The summed E-state index contributed by atoms with van der Waals surface area (Å²) in [6, 6.07) is 17.1. The molecule has 2 aliphatic heterocycles. The van der Waals surface area contributed by atoms with Crippen LogP contribution in [0, 0.1) is 0 Å². The fourth-order valence-electron chi connectivity index (χ4n) is 4.75. The van der Waals surface area contributed by atoms with Crippen LogP contribution in [0.25, 0.3) is 0 Å². The van der Waals surface area contributed by atoms with Gasteiger partial charge in [0.25, 0.3) is 0 Å². The van der Waals surface area contributed by atoms with Crippen molar-refractivity contribution in [2.45, 2.75) is 24.4 Å². The first kappa shape index (κ1) is 36.8. The average Bonchev–Trinajstić information content (AvgIpc) is 3.74. The third-order valence-electron chi connectivity index (χ3n) is 7.30. The summed E-state index contributed by atoms with van der Waals surface area (Å²) in [7, 11) is 0. The van der Waals surface area contributed by atoms with Gasteiger partial charge in [-0.15, -0.1) is 0 Å². The monoisotopic (exact) mass is 718 g/mol. The summed E-state index contributed by atoms with van der Waals surface area (Å²) < 4.78 is 52.2. The fraction of sp³-hybridized carbons (Fsp3) is 0.222. The van der Waals surface area contributed by atoms with Crippen molar-refractivity contribution in [3.63, 3.8) is 0 Å². The maximum atomic E-state index is 12.9. The SMILES string of the molecule is C=CC(=O)OCOC(=O)Oc1ccc(C(=O)O[C@H]2CO[C@H]3[C@@H]2OC[C@H]3OC(=O)c2ccc(OC(=O)c3ccc(OCOC(=O)C=C)cc3)cc2)cc1. The second-order valence-corrected chi connectivity index (χ2v) is 10.7. The summed E-state index contributed by atoms with van der Waals surface area (Å²) in [5, 5.41) is 0.